The molecular formula is C13H13F2N5O2S. The van der Waals surface area contributed by atoms with Crippen molar-refractivity contribution in [2.45, 2.75) is 6.42 Å². The fourth-order valence-corrected chi connectivity index (χ4v) is 3.82. The molecule has 122 valence electrons. The lowest BCUT2D eigenvalue weighted by Crippen LogP contribution is -2.26. The first-order valence-electron chi connectivity index (χ1n) is 6.72. The van der Waals surface area contributed by atoms with Crippen LogP contribution in [-0.4, -0.2) is 30.7 Å². The Morgan fingerprint density at radius 1 is 1.26 bits per heavy atom. The standard InChI is InChI=1S/C13H13F2N5O2S/c14-9-3-2-8(18-13-17-7-10(15)12(16)19-13)6-11(9)20-4-1-5-23(20,21)22/h2-3,6-7H,1,4-5H2,(H3,16,17,18,19). The topological polar surface area (TPSA) is 101 Å². The maximum Gasteiger partial charge on any atom is 0.235 e. The number of nitrogens with one attached hydrogen (secondary N) is 1. The molecule has 0 atom stereocenters. The Bertz CT molecular complexity index is 859. The minimum atomic E-state index is -3.50. The minimum absolute atomic E-state index is 0.0122. The summed E-state index contributed by atoms with van der Waals surface area (Å²) in [5.74, 6) is -1.72. The molecule has 0 aliphatic carbocycles. The second kappa shape index (κ2) is 5.61. The molecule has 7 nitrogen and oxygen atoms in total. The molecule has 0 amide bonds. The third kappa shape index (κ3) is 3.02. The summed E-state index contributed by atoms with van der Waals surface area (Å²) in [6.07, 6.45) is 1.34. The largest absolute Gasteiger partial charge is 0.381 e. The van der Waals surface area contributed by atoms with Crippen molar-refractivity contribution in [3.05, 3.63) is 36.0 Å². The molecule has 10 heteroatoms. The van der Waals surface area contributed by atoms with Gasteiger partial charge < -0.3 is 11.1 Å². The van der Waals surface area contributed by atoms with Crippen LogP contribution in [0.5, 0.6) is 0 Å². The highest BCUT2D eigenvalue weighted by atomic mass is 32.2. The minimum Gasteiger partial charge on any atom is -0.381 e. The molecule has 1 aliphatic heterocycles. The van der Waals surface area contributed by atoms with E-state index in [0.717, 1.165) is 16.6 Å². The average molecular weight is 341 g/mol. The van der Waals surface area contributed by atoms with E-state index in [1.54, 1.807) is 0 Å². The zero-order valence-corrected chi connectivity index (χ0v) is 12.6. The molecule has 23 heavy (non-hydrogen) atoms. The monoisotopic (exact) mass is 341 g/mol. The summed E-state index contributed by atoms with van der Waals surface area (Å²) in [7, 11) is -3.50. The maximum absolute atomic E-state index is 14.0. The summed E-state index contributed by atoms with van der Waals surface area (Å²) in [5.41, 5.74) is 5.65. The van der Waals surface area contributed by atoms with Crippen LogP contribution in [0.15, 0.2) is 24.4 Å². The van der Waals surface area contributed by atoms with Crippen molar-refractivity contribution in [2.24, 2.45) is 0 Å². The first kappa shape index (κ1) is 15.4. The highest BCUT2D eigenvalue weighted by Crippen LogP contribution is 2.30. The number of nitrogens with zero attached hydrogens (tertiary/aromatic N) is 3. The van der Waals surface area contributed by atoms with Crippen LogP contribution in [0.25, 0.3) is 0 Å². The van der Waals surface area contributed by atoms with Gasteiger partial charge in [-0.2, -0.15) is 4.98 Å². The Labute approximate surface area is 131 Å². The first-order chi connectivity index (χ1) is 10.9. The Balaban J connectivity index is 1.92. The molecule has 1 saturated heterocycles. The maximum atomic E-state index is 14.0. The van der Waals surface area contributed by atoms with E-state index >= 15 is 0 Å². The summed E-state index contributed by atoms with van der Waals surface area (Å²) in [6, 6.07) is 3.87. The van der Waals surface area contributed by atoms with E-state index in [0.29, 0.717) is 12.1 Å². The molecule has 1 aromatic heterocycles. The Morgan fingerprint density at radius 2 is 2.04 bits per heavy atom. The van der Waals surface area contributed by atoms with Crippen molar-refractivity contribution < 1.29 is 17.2 Å². The van der Waals surface area contributed by atoms with Crippen molar-refractivity contribution in [2.75, 3.05) is 27.7 Å². The number of hydrogen-bond donors (Lipinski definition) is 2. The normalized spacial score (nSPS) is 16.5. The second-order valence-electron chi connectivity index (χ2n) is 4.96. The molecule has 0 radical (unpaired) electrons. The first-order valence-corrected chi connectivity index (χ1v) is 8.33. The van der Waals surface area contributed by atoms with Crippen LogP contribution >= 0.6 is 0 Å². The van der Waals surface area contributed by atoms with Gasteiger partial charge in [-0.25, -0.2) is 22.2 Å². The zero-order valence-electron chi connectivity index (χ0n) is 11.8. The number of aromatic nitrogens is 2. The van der Waals surface area contributed by atoms with E-state index in [1.807, 2.05) is 0 Å². The predicted molar refractivity (Wildman–Crippen MR) is 81.8 cm³/mol. The second-order valence-corrected chi connectivity index (χ2v) is 6.97. The lowest BCUT2D eigenvalue weighted by molar-refractivity contribution is 0.595. The van der Waals surface area contributed by atoms with Gasteiger partial charge >= 0.3 is 0 Å². The van der Waals surface area contributed by atoms with Gasteiger partial charge in [-0.05, 0) is 24.6 Å². The zero-order chi connectivity index (χ0) is 16.6. The number of hydrogen-bond acceptors (Lipinski definition) is 6. The Hall–Kier alpha value is -2.49. The SMILES string of the molecule is Nc1nc(Nc2ccc(F)c(N3CCCS3(=O)=O)c2)ncc1F. The van der Waals surface area contributed by atoms with Crippen LogP contribution < -0.4 is 15.4 Å². The third-order valence-electron chi connectivity index (χ3n) is 3.34. The smallest absolute Gasteiger partial charge is 0.235 e. The van der Waals surface area contributed by atoms with Crippen molar-refractivity contribution in [3.8, 4) is 0 Å². The lowest BCUT2D eigenvalue weighted by atomic mass is 10.2. The highest BCUT2D eigenvalue weighted by molar-refractivity contribution is 7.93. The number of nitrogen functional groups attached to an aromatic ring is 1. The van der Waals surface area contributed by atoms with Gasteiger partial charge in [-0.1, -0.05) is 0 Å². The van der Waals surface area contributed by atoms with Crippen LogP contribution in [0.3, 0.4) is 0 Å². The van der Waals surface area contributed by atoms with Crippen LogP contribution in [0.1, 0.15) is 6.42 Å². The quantitative estimate of drug-likeness (QED) is 0.880. The summed E-state index contributed by atoms with van der Waals surface area (Å²) in [5, 5.41) is 2.73. The van der Waals surface area contributed by atoms with Crippen LogP contribution in [0, 0.1) is 11.6 Å². The van der Waals surface area contributed by atoms with Gasteiger partial charge in [0.2, 0.25) is 16.0 Å². The molecule has 2 aromatic rings. The van der Waals surface area contributed by atoms with Gasteiger partial charge in [0.05, 0.1) is 17.6 Å². The van der Waals surface area contributed by atoms with Crippen LogP contribution in [0.2, 0.25) is 0 Å². The van der Waals surface area contributed by atoms with Crippen molar-refractivity contribution >= 4 is 33.2 Å². The van der Waals surface area contributed by atoms with E-state index in [9.17, 15) is 17.2 Å². The summed E-state index contributed by atoms with van der Waals surface area (Å²) in [4.78, 5) is 7.41. The molecule has 1 aliphatic rings. The molecule has 3 rings (SSSR count). The average Bonchev–Trinajstić information content (AvgIpc) is 2.84. The van der Waals surface area contributed by atoms with E-state index < -0.39 is 21.7 Å². The van der Waals surface area contributed by atoms with E-state index in [4.69, 9.17) is 5.73 Å². The van der Waals surface area contributed by atoms with Crippen molar-refractivity contribution in [1.29, 1.82) is 0 Å². The molecule has 1 aromatic carbocycles. The fraction of sp³-hybridized carbons (Fsp3) is 0.231. The molecule has 3 N–H and O–H groups in total. The van der Waals surface area contributed by atoms with Gasteiger partial charge in [0.15, 0.2) is 11.6 Å². The van der Waals surface area contributed by atoms with Gasteiger partial charge in [-0.3, -0.25) is 4.31 Å². The molecule has 0 bridgehead atoms. The number of halogens is 2. The van der Waals surface area contributed by atoms with Gasteiger partial charge in [0.1, 0.15) is 5.82 Å². The number of sulfonamides is 1. The van der Waals surface area contributed by atoms with Gasteiger partial charge in [0.25, 0.3) is 0 Å². The summed E-state index contributed by atoms with van der Waals surface area (Å²) in [6.45, 7) is 0.225. The van der Waals surface area contributed by atoms with Gasteiger partial charge in [0, 0.05) is 12.2 Å². The van der Waals surface area contributed by atoms with Crippen LogP contribution in [0.4, 0.5) is 31.9 Å². The Morgan fingerprint density at radius 3 is 2.70 bits per heavy atom. The number of benzene rings is 1. The third-order valence-corrected chi connectivity index (χ3v) is 5.20. The van der Waals surface area contributed by atoms with Gasteiger partial charge in [-0.15, -0.1) is 0 Å². The number of anilines is 4. The fourth-order valence-electron chi connectivity index (χ4n) is 2.26. The number of nitrogens with two attached hydrogens (primary N) is 1. The number of rotatable bonds is 3. The molecule has 0 spiro atoms. The van der Waals surface area contributed by atoms with E-state index in [2.05, 4.69) is 15.3 Å². The van der Waals surface area contributed by atoms with E-state index in [-0.39, 0.29) is 29.8 Å². The summed E-state index contributed by atoms with van der Waals surface area (Å²) >= 11 is 0. The molecule has 0 unspecified atom stereocenters. The molecule has 1 fully saturated rings. The van der Waals surface area contributed by atoms with E-state index in [1.165, 1.54) is 12.1 Å². The van der Waals surface area contributed by atoms with Crippen molar-refractivity contribution in [3.63, 3.8) is 0 Å². The Kier molecular flexibility index (Phi) is 3.76. The highest BCUT2D eigenvalue weighted by Gasteiger charge is 2.30. The van der Waals surface area contributed by atoms with Crippen molar-refractivity contribution in [1.82, 2.24) is 9.97 Å². The summed E-state index contributed by atoms with van der Waals surface area (Å²) < 4.78 is 51.9. The molecule has 0 saturated carbocycles. The predicted octanol–water partition coefficient (Wildman–Crippen LogP) is 1.62. The molecular weight excluding hydrogens is 328 g/mol. The molecule has 2 heterocycles. The lowest BCUT2D eigenvalue weighted by Gasteiger charge is -2.18. The van der Waals surface area contributed by atoms with Crippen LogP contribution in [-0.2, 0) is 10.0 Å².